The Labute approximate surface area is 147 Å². The van der Waals surface area contributed by atoms with Gasteiger partial charge >= 0.3 is 0 Å². The van der Waals surface area contributed by atoms with Gasteiger partial charge < -0.3 is 20.4 Å². The SMILES string of the molecule is CC(C)(C)O.CCCCO.CCCCO.CCCCO.[Ti]. The molecule has 5 heteroatoms. The number of hydrogen-bond donors (Lipinski definition) is 4. The monoisotopic (exact) mass is 344 g/mol. The van der Waals surface area contributed by atoms with Crippen molar-refractivity contribution in [3.05, 3.63) is 0 Å². The predicted octanol–water partition coefficient (Wildman–Crippen LogP) is 3.11. The fourth-order valence-corrected chi connectivity index (χ4v) is 0.474. The van der Waals surface area contributed by atoms with E-state index in [1.165, 1.54) is 0 Å². The third-order valence-electron chi connectivity index (χ3n) is 1.54. The summed E-state index contributed by atoms with van der Waals surface area (Å²) in [5, 5.41) is 32.7. The topological polar surface area (TPSA) is 80.9 Å². The molecule has 0 radical (unpaired) electrons. The molecule has 0 aliphatic heterocycles. The average molecular weight is 344 g/mol. The van der Waals surface area contributed by atoms with Crippen molar-refractivity contribution in [3.63, 3.8) is 0 Å². The van der Waals surface area contributed by atoms with Gasteiger partial charge in [-0.05, 0) is 40.0 Å². The van der Waals surface area contributed by atoms with Gasteiger partial charge in [0, 0.05) is 41.5 Å². The van der Waals surface area contributed by atoms with Crippen LogP contribution in [-0.2, 0) is 21.7 Å². The third-order valence-corrected chi connectivity index (χ3v) is 1.54. The van der Waals surface area contributed by atoms with E-state index in [2.05, 4.69) is 20.8 Å². The molecule has 0 saturated heterocycles. The number of unbranched alkanes of at least 4 members (excludes halogenated alkanes) is 3. The first-order valence-corrected chi connectivity index (χ1v) is 7.79. The van der Waals surface area contributed by atoms with E-state index in [0.717, 1.165) is 38.5 Å². The molecule has 0 unspecified atom stereocenters. The maximum absolute atomic E-state index is 8.52. The predicted molar refractivity (Wildman–Crippen MR) is 88.0 cm³/mol. The molecule has 0 rings (SSSR count). The summed E-state index contributed by atoms with van der Waals surface area (Å²) in [6, 6.07) is 0. The van der Waals surface area contributed by atoms with E-state index in [-0.39, 0.29) is 21.7 Å². The molecule has 0 amide bonds. The number of rotatable bonds is 6. The number of aliphatic hydroxyl groups is 4. The van der Waals surface area contributed by atoms with Gasteiger partial charge in [0.15, 0.2) is 0 Å². The van der Waals surface area contributed by atoms with Gasteiger partial charge in [0.2, 0.25) is 0 Å². The van der Waals surface area contributed by atoms with E-state index in [4.69, 9.17) is 20.4 Å². The smallest absolute Gasteiger partial charge is 0.0563 e. The summed E-state index contributed by atoms with van der Waals surface area (Å²) in [5.41, 5.74) is -0.500. The molecule has 21 heavy (non-hydrogen) atoms. The molecule has 0 aliphatic carbocycles. The first-order chi connectivity index (χ1) is 9.24. The molecule has 4 N–H and O–H groups in total. The molecular weight excluding hydrogens is 304 g/mol. The van der Waals surface area contributed by atoms with Gasteiger partial charge in [0.1, 0.15) is 0 Å². The van der Waals surface area contributed by atoms with E-state index in [9.17, 15) is 0 Å². The van der Waals surface area contributed by atoms with Gasteiger partial charge in [0.25, 0.3) is 0 Å². The van der Waals surface area contributed by atoms with Crippen LogP contribution in [-0.4, -0.2) is 45.8 Å². The van der Waals surface area contributed by atoms with Crippen LogP contribution in [0.3, 0.4) is 0 Å². The Morgan fingerprint density at radius 1 is 0.619 bits per heavy atom. The van der Waals surface area contributed by atoms with Crippen LogP contribution in [0.25, 0.3) is 0 Å². The Bertz CT molecular complexity index is 102. The summed E-state index contributed by atoms with van der Waals surface area (Å²) in [5.74, 6) is 0. The molecule has 0 heterocycles. The zero-order valence-electron chi connectivity index (χ0n) is 15.2. The molecule has 0 saturated carbocycles. The summed E-state index contributed by atoms with van der Waals surface area (Å²) in [6.07, 6.45) is 6.11. The average Bonchev–Trinajstić information content (AvgIpc) is 2.31. The summed E-state index contributed by atoms with van der Waals surface area (Å²) < 4.78 is 0. The first-order valence-electron chi connectivity index (χ1n) is 7.79. The van der Waals surface area contributed by atoms with Crippen molar-refractivity contribution in [2.24, 2.45) is 0 Å². The Morgan fingerprint density at radius 3 is 0.762 bits per heavy atom. The van der Waals surface area contributed by atoms with Gasteiger partial charge in [-0.1, -0.05) is 40.0 Å². The second-order valence-corrected chi connectivity index (χ2v) is 5.40. The molecule has 0 bridgehead atoms. The molecule has 0 aromatic carbocycles. The fraction of sp³-hybridized carbons (Fsp3) is 1.00. The maximum atomic E-state index is 8.52. The van der Waals surface area contributed by atoms with Crippen molar-refractivity contribution in [1.82, 2.24) is 0 Å². The molecule has 0 fully saturated rings. The van der Waals surface area contributed by atoms with Crippen LogP contribution in [0.15, 0.2) is 0 Å². The molecule has 0 aromatic rings. The molecule has 0 spiro atoms. The minimum absolute atomic E-state index is 0. The minimum atomic E-state index is -0.500. The molecule has 0 aromatic heterocycles. The van der Waals surface area contributed by atoms with E-state index in [0.29, 0.717) is 19.8 Å². The normalized spacial score (nSPS) is 8.86. The molecule has 0 atom stereocenters. The van der Waals surface area contributed by atoms with Crippen molar-refractivity contribution in [2.75, 3.05) is 19.8 Å². The van der Waals surface area contributed by atoms with Crippen LogP contribution < -0.4 is 0 Å². The standard InChI is InChI=1S/4C4H10O.Ti/c1-4(2,3)5;3*1-2-3-4-5;/h5H,1-3H3;3*5H,2-4H2,1H3;. The quantitative estimate of drug-likeness (QED) is 0.558. The Kier molecular flexibility index (Phi) is 51.4. The number of hydrogen-bond acceptors (Lipinski definition) is 4. The zero-order chi connectivity index (χ0) is 16.9. The van der Waals surface area contributed by atoms with E-state index >= 15 is 0 Å². The fourth-order valence-electron chi connectivity index (χ4n) is 0.474. The molecule has 0 aliphatic rings. The molecular formula is C16H40O4Ti. The number of aliphatic hydroxyl groups excluding tert-OH is 3. The Morgan fingerprint density at radius 2 is 0.762 bits per heavy atom. The van der Waals surface area contributed by atoms with E-state index in [1.807, 2.05) is 0 Å². The van der Waals surface area contributed by atoms with Crippen molar-refractivity contribution in [1.29, 1.82) is 0 Å². The van der Waals surface area contributed by atoms with Crippen molar-refractivity contribution in [3.8, 4) is 0 Å². The van der Waals surface area contributed by atoms with Crippen LogP contribution in [0.5, 0.6) is 0 Å². The minimum Gasteiger partial charge on any atom is -0.396 e. The maximum Gasteiger partial charge on any atom is 0.0563 e. The van der Waals surface area contributed by atoms with Gasteiger partial charge in [-0.15, -0.1) is 0 Å². The van der Waals surface area contributed by atoms with Crippen LogP contribution in [0.4, 0.5) is 0 Å². The zero-order valence-corrected chi connectivity index (χ0v) is 16.7. The third kappa shape index (κ3) is 165. The second-order valence-electron chi connectivity index (χ2n) is 5.40. The van der Waals surface area contributed by atoms with Crippen molar-refractivity contribution >= 4 is 0 Å². The summed E-state index contributed by atoms with van der Waals surface area (Å²) in [4.78, 5) is 0. The molecule has 132 valence electrons. The summed E-state index contributed by atoms with van der Waals surface area (Å²) in [7, 11) is 0. The Hall–Kier alpha value is 0.554. The van der Waals surface area contributed by atoms with Gasteiger partial charge in [-0.2, -0.15) is 0 Å². The van der Waals surface area contributed by atoms with Crippen LogP contribution in [0.2, 0.25) is 0 Å². The van der Waals surface area contributed by atoms with Crippen LogP contribution >= 0.6 is 0 Å². The summed E-state index contributed by atoms with van der Waals surface area (Å²) >= 11 is 0. The van der Waals surface area contributed by atoms with Gasteiger partial charge in [-0.3, -0.25) is 0 Å². The second kappa shape index (κ2) is 32.5. The van der Waals surface area contributed by atoms with Gasteiger partial charge in [0.05, 0.1) is 5.60 Å². The van der Waals surface area contributed by atoms with Crippen LogP contribution in [0, 0.1) is 0 Å². The Balaban J connectivity index is -0.0000000533. The first kappa shape index (κ1) is 33.2. The van der Waals surface area contributed by atoms with Crippen LogP contribution in [0.1, 0.15) is 80.1 Å². The van der Waals surface area contributed by atoms with E-state index in [1.54, 1.807) is 20.8 Å². The van der Waals surface area contributed by atoms with Crippen molar-refractivity contribution in [2.45, 2.75) is 85.7 Å². The van der Waals surface area contributed by atoms with E-state index < -0.39 is 5.60 Å². The summed E-state index contributed by atoms with van der Waals surface area (Å²) in [6.45, 7) is 12.4. The van der Waals surface area contributed by atoms with Crippen molar-refractivity contribution < 1.29 is 42.1 Å². The van der Waals surface area contributed by atoms with Gasteiger partial charge in [-0.25, -0.2) is 0 Å². The largest absolute Gasteiger partial charge is 0.396 e. The molecule has 4 nitrogen and oxygen atoms in total.